The summed E-state index contributed by atoms with van der Waals surface area (Å²) in [5, 5.41) is 0. The van der Waals surface area contributed by atoms with Crippen molar-refractivity contribution in [2.75, 3.05) is 19.7 Å². The van der Waals surface area contributed by atoms with E-state index in [-0.39, 0.29) is 5.91 Å². The number of carbonyl (C=O) groups excluding carboxylic acids is 1. The molecule has 3 heteroatoms. The van der Waals surface area contributed by atoms with Gasteiger partial charge in [-0.1, -0.05) is 6.08 Å². The Morgan fingerprint density at radius 1 is 1.80 bits per heavy atom. The number of rotatable bonds is 2. The maximum Gasteiger partial charge on any atom is 0.246 e. The molecule has 3 nitrogen and oxygen atoms in total. The zero-order valence-corrected chi connectivity index (χ0v) is 5.62. The van der Waals surface area contributed by atoms with Crippen molar-refractivity contribution in [1.82, 2.24) is 4.90 Å². The fourth-order valence-corrected chi connectivity index (χ4v) is 1.06. The summed E-state index contributed by atoms with van der Waals surface area (Å²) in [7, 11) is 0. The minimum Gasteiger partial charge on any atom is -0.371 e. The third kappa shape index (κ3) is 1.04. The minimum atomic E-state index is 0.121. The minimum absolute atomic E-state index is 0.121. The lowest BCUT2D eigenvalue weighted by molar-refractivity contribution is -0.124. The monoisotopic (exact) mass is 139 g/mol. The highest BCUT2D eigenvalue weighted by molar-refractivity contribution is 5.89. The third-order valence-corrected chi connectivity index (χ3v) is 1.72. The molecule has 54 valence electrons. The molecule has 0 aliphatic carbocycles. The Morgan fingerprint density at radius 3 is 3.10 bits per heavy atom. The van der Waals surface area contributed by atoms with E-state index >= 15 is 0 Å². The molecule has 0 N–H and O–H groups in total. The Labute approximate surface area is 59.3 Å². The summed E-state index contributed by atoms with van der Waals surface area (Å²) in [6, 6.07) is 0. The summed E-state index contributed by atoms with van der Waals surface area (Å²) in [5.41, 5.74) is 0. The van der Waals surface area contributed by atoms with Crippen LogP contribution in [-0.4, -0.2) is 36.6 Å². The second kappa shape index (κ2) is 2.09. The Hall–Kier alpha value is -0.830. The fraction of sp³-hybridized carbons (Fsp3) is 0.571. The average molecular weight is 139 g/mol. The Balaban J connectivity index is 1.87. The van der Waals surface area contributed by atoms with E-state index in [2.05, 4.69) is 0 Å². The first-order valence-corrected chi connectivity index (χ1v) is 3.43. The molecule has 1 atom stereocenters. The van der Waals surface area contributed by atoms with Crippen LogP contribution in [-0.2, 0) is 9.53 Å². The molecule has 0 aromatic rings. The maximum absolute atomic E-state index is 10.9. The SMILES string of the molecule is O=C1C=CCN1C[C@@H]1CO1. The van der Waals surface area contributed by atoms with Crippen LogP contribution in [0.25, 0.3) is 0 Å². The summed E-state index contributed by atoms with van der Waals surface area (Å²) in [5.74, 6) is 0.121. The van der Waals surface area contributed by atoms with Gasteiger partial charge in [0.2, 0.25) is 5.91 Å². The second-order valence-electron chi connectivity index (χ2n) is 2.60. The number of nitrogens with zero attached hydrogens (tertiary/aromatic N) is 1. The maximum atomic E-state index is 10.9. The van der Waals surface area contributed by atoms with E-state index in [0.717, 1.165) is 19.7 Å². The third-order valence-electron chi connectivity index (χ3n) is 1.72. The van der Waals surface area contributed by atoms with Gasteiger partial charge >= 0.3 is 0 Å². The van der Waals surface area contributed by atoms with E-state index < -0.39 is 0 Å². The highest BCUT2D eigenvalue weighted by Gasteiger charge is 2.27. The largest absolute Gasteiger partial charge is 0.371 e. The highest BCUT2D eigenvalue weighted by atomic mass is 16.6. The quantitative estimate of drug-likeness (QED) is 0.496. The van der Waals surface area contributed by atoms with Crippen molar-refractivity contribution >= 4 is 5.91 Å². The lowest BCUT2D eigenvalue weighted by Crippen LogP contribution is -2.29. The molecule has 0 bridgehead atoms. The van der Waals surface area contributed by atoms with Crippen molar-refractivity contribution in [3.63, 3.8) is 0 Å². The molecule has 1 fully saturated rings. The molecular formula is C7H9NO2. The van der Waals surface area contributed by atoms with Gasteiger partial charge in [-0.3, -0.25) is 4.79 Å². The lowest BCUT2D eigenvalue weighted by Gasteiger charge is -2.12. The predicted octanol–water partition coefficient (Wildman–Crippen LogP) is -0.216. The standard InChI is InChI=1S/C7H9NO2/c9-7-2-1-3-8(7)4-6-5-10-6/h1-2,6H,3-5H2/t6-/m1/s1. The number of carbonyl (C=O) groups is 1. The highest BCUT2D eigenvalue weighted by Crippen LogP contribution is 2.12. The van der Waals surface area contributed by atoms with E-state index in [1.54, 1.807) is 11.0 Å². The Bertz CT molecular complexity index is 184. The molecule has 0 radical (unpaired) electrons. The van der Waals surface area contributed by atoms with Gasteiger partial charge in [-0.2, -0.15) is 0 Å². The van der Waals surface area contributed by atoms with Crippen LogP contribution in [0.3, 0.4) is 0 Å². The van der Waals surface area contributed by atoms with Gasteiger partial charge in [0.1, 0.15) is 0 Å². The van der Waals surface area contributed by atoms with Gasteiger partial charge in [-0.15, -0.1) is 0 Å². The molecule has 1 saturated heterocycles. The molecule has 0 unspecified atom stereocenters. The van der Waals surface area contributed by atoms with Gasteiger partial charge in [0, 0.05) is 19.2 Å². The van der Waals surface area contributed by atoms with Gasteiger partial charge < -0.3 is 9.64 Å². The summed E-state index contributed by atoms with van der Waals surface area (Å²) in [4.78, 5) is 12.7. The molecule has 0 aromatic carbocycles. The van der Waals surface area contributed by atoms with Gasteiger partial charge in [0.15, 0.2) is 0 Å². The van der Waals surface area contributed by atoms with Gasteiger partial charge in [-0.25, -0.2) is 0 Å². The average Bonchev–Trinajstić information content (AvgIpc) is 2.62. The summed E-state index contributed by atoms with van der Waals surface area (Å²) >= 11 is 0. The predicted molar refractivity (Wildman–Crippen MR) is 35.5 cm³/mol. The van der Waals surface area contributed by atoms with Crippen molar-refractivity contribution in [2.45, 2.75) is 6.10 Å². The van der Waals surface area contributed by atoms with Gasteiger partial charge in [0.25, 0.3) is 0 Å². The van der Waals surface area contributed by atoms with Crippen molar-refractivity contribution in [1.29, 1.82) is 0 Å². The molecule has 0 spiro atoms. The Kier molecular flexibility index (Phi) is 1.24. The first-order chi connectivity index (χ1) is 4.86. The van der Waals surface area contributed by atoms with Crippen LogP contribution in [0.4, 0.5) is 0 Å². The van der Waals surface area contributed by atoms with Crippen LogP contribution in [0.5, 0.6) is 0 Å². The van der Waals surface area contributed by atoms with Crippen LogP contribution in [0.1, 0.15) is 0 Å². The molecular weight excluding hydrogens is 130 g/mol. The zero-order valence-electron chi connectivity index (χ0n) is 5.62. The van der Waals surface area contributed by atoms with Crippen LogP contribution < -0.4 is 0 Å². The number of ether oxygens (including phenoxy) is 1. The van der Waals surface area contributed by atoms with Crippen LogP contribution >= 0.6 is 0 Å². The van der Waals surface area contributed by atoms with Gasteiger partial charge in [-0.05, 0) is 0 Å². The summed E-state index contributed by atoms with van der Waals surface area (Å²) in [6.07, 6.45) is 3.82. The number of epoxide rings is 1. The first kappa shape index (κ1) is 5.92. The molecule has 2 heterocycles. The number of hydrogen-bond donors (Lipinski definition) is 0. The van der Waals surface area contributed by atoms with Gasteiger partial charge in [0.05, 0.1) is 12.7 Å². The second-order valence-corrected chi connectivity index (χ2v) is 2.60. The van der Waals surface area contributed by atoms with Crippen molar-refractivity contribution in [3.05, 3.63) is 12.2 Å². The normalized spacial score (nSPS) is 29.8. The van der Waals surface area contributed by atoms with Crippen molar-refractivity contribution in [3.8, 4) is 0 Å². The van der Waals surface area contributed by atoms with Crippen molar-refractivity contribution < 1.29 is 9.53 Å². The number of amides is 1. The van der Waals surface area contributed by atoms with E-state index in [1.165, 1.54) is 0 Å². The topological polar surface area (TPSA) is 32.8 Å². The molecule has 10 heavy (non-hydrogen) atoms. The molecule has 0 saturated carbocycles. The first-order valence-electron chi connectivity index (χ1n) is 3.43. The molecule has 0 aromatic heterocycles. The van der Waals surface area contributed by atoms with E-state index in [9.17, 15) is 4.79 Å². The summed E-state index contributed by atoms with van der Waals surface area (Å²) < 4.78 is 5.00. The summed E-state index contributed by atoms with van der Waals surface area (Å²) in [6.45, 7) is 2.36. The number of hydrogen-bond acceptors (Lipinski definition) is 2. The smallest absolute Gasteiger partial charge is 0.246 e. The van der Waals surface area contributed by atoms with Crippen LogP contribution in [0.15, 0.2) is 12.2 Å². The lowest BCUT2D eigenvalue weighted by atomic mass is 10.4. The van der Waals surface area contributed by atoms with Crippen LogP contribution in [0, 0.1) is 0 Å². The molecule has 1 amide bonds. The van der Waals surface area contributed by atoms with Crippen molar-refractivity contribution in [2.24, 2.45) is 0 Å². The fourth-order valence-electron chi connectivity index (χ4n) is 1.06. The molecule has 2 rings (SSSR count). The van der Waals surface area contributed by atoms with Crippen LogP contribution in [0.2, 0.25) is 0 Å². The molecule has 2 aliphatic rings. The zero-order chi connectivity index (χ0) is 6.97. The van der Waals surface area contributed by atoms with E-state index in [1.807, 2.05) is 6.08 Å². The Morgan fingerprint density at radius 2 is 2.60 bits per heavy atom. The molecule has 2 aliphatic heterocycles. The van der Waals surface area contributed by atoms with E-state index in [4.69, 9.17) is 4.74 Å². The van der Waals surface area contributed by atoms with E-state index in [0.29, 0.717) is 6.10 Å².